The number of methoxy groups -OCH3 is 1. The van der Waals surface area contributed by atoms with Crippen molar-refractivity contribution in [2.24, 2.45) is 5.73 Å². The Morgan fingerprint density at radius 1 is 1.38 bits per heavy atom. The third-order valence-corrected chi connectivity index (χ3v) is 3.27. The smallest absolute Gasteiger partial charge is 0.325 e. The van der Waals surface area contributed by atoms with Gasteiger partial charge in [-0.15, -0.1) is 0 Å². The van der Waals surface area contributed by atoms with Gasteiger partial charge in [-0.3, -0.25) is 4.79 Å². The molecular weight excluding hydrogens is 204 g/mol. The summed E-state index contributed by atoms with van der Waals surface area (Å²) in [4.78, 5) is 13.8. The molecule has 1 rings (SSSR count). The lowest BCUT2D eigenvalue weighted by atomic mass is 9.97. The molecule has 4 nitrogen and oxygen atoms in total. The van der Waals surface area contributed by atoms with Gasteiger partial charge in [0.15, 0.2) is 0 Å². The van der Waals surface area contributed by atoms with E-state index in [-0.39, 0.29) is 5.97 Å². The monoisotopic (exact) mass is 228 g/mol. The van der Waals surface area contributed by atoms with Crippen LogP contribution in [0.25, 0.3) is 0 Å². The van der Waals surface area contributed by atoms with Gasteiger partial charge in [-0.1, -0.05) is 6.42 Å². The van der Waals surface area contributed by atoms with E-state index >= 15 is 0 Å². The number of esters is 1. The number of likely N-dealkylation sites (tertiary alicyclic amines) is 1. The Bertz CT molecular complexity index is 223. The van der Waals surface area contributed by atoms with Crippen molar-refractivity contribution in [3.05, 3.63) is 0 Å². The number of rotatable bonds is 5. The zero-order chi connectivity index (χ0) is 12.0. The average molecular weight is 228 g/mol. The Balaban J connectivity index is 2.20. The van der Waals surface area contributed by atoms with Gasteiger partial charge in [0.1, 0.15) is 5.54 Å². The SMILES string of the molecule is COC(=O)C(C)(N)CCCN1CCCCC1. The molecule has 0 aromatic heterocycles. The van der Waals surface area contributed by atoms with E-state index in [1.807, 2.05) is 0 Å². The quantitative estimate of drug-likeness (QED) is 0.717. The first-order chi connectivity index (χ1) is 7.56. The van der Waals surface area contributed by atoms with Gasteiger partial charge in [0.05, 0.1) is 7.11 Å². The fourth-order valence-electron chi connectivity index (χ4n) is 2.19. The van der Waals surface area contributed by atoms with Gasteiger partial charge in [0, 0.05) is 0 Å². The van der Waals surface area contributed by atoms with Crippen LogP contribution in [0.3, 0.4) is 0 Å². The molecular formula is C12H24N2O2. The van der Waals surface area contributed by atoms with Crippen molar-refractivity contribution < 1.29 is 9.53 Å². The van der Waals surface area contributed by atoms with Crippen LogP contribution in [0.2, 0.25) is 0 Å². The molecule has 0 bridgehead atoms. The summed E-state index contributed by atoms with van der Waals surface area (Å²) in [7, 11) is 1.39. The summed E-state index contributed by atoms with van der Waals surface area (Å²) in [6, 6.07) is 0. The van der Waals surface area contributed by atoms with Crippen molar-refractivity contribution in [3.8, 4) is 0 Å². The van der Waals surface area contributed by atoms with Crippen molar-refractivity contribution in [2.75, 3.05) is 26.7 Å². The fraction of sp³-hybridized carbons (Fsp3) is 0.917. The first kappa shape index (κ1) is 13.5. The predicted molar refractivity (Wildman–Crippen MR) is 64.1 cm³/mol. The molecule has 0 aromatic rings. The molecule has 1 atom stereocenters. The third kappa shape index (κ3) is 4.10. The number of hydrogen-bond acceptors (Lipinski definition) is 4. The van der Waals surface area contributed by atoms with Gasteiger partial charge in [0.2, 0.25) is 0 Å². The van der Waals surface area contributed by atoms with E-state index in [1.165, 1.54) is 39.5 Å². The van der Waals surface area contributed by atoms with Crippen LogP contribution in [-0.2, 0) is 9.53 Å². The number of nitrogens with zero attached hydrogens (tertiary/aromatic N) is 1. The number of carbonyl (C=O) groups is 1. The highest BCUT2D eigenvalue weighted by Gasteiger charge is 2.28. The minimum atomic E-state index is -0.829. The summed E-state index contributed by atoms with van der Waals surface area (Å²) in [6.07, 6.45) is 5.61. The second kappa shape index (κ2) is 6.21. The van der Waals surface area contributed by atoms with E-state index in [0.29, 0.717) is 6.42 Å². The molecule has 1 aliphatic heterocycles. The summed E-state index contributed by atoms with van der Waals surface area (Å²) in [6.45, 7) is 5.18. The highest BCUT2D eigenvalue weighted by atomic mass is 16.5. The Morgan fingerprint density at radius 2 is 2.00 bits per heavy atom. The van der Waals surface area contributed by atoms with E-state index in [0.717, 1.165) is 13.0 Å². The third-order valence-electron chi connectivity index (χ3n) is 3.27. The normalized spacial score (nSPS) is 21.4. The molecule has 94 valence electrons. The van der Waals surface area contributed by atoms with Gasteiger partial charge in [-0.2, -0.15) is 0 Å². The van der Waals surface area contributed by atoms with Gasteiger partial charge in [-0.05, 0) is 52.2 Å². The topological polar surface area (TPSA) is 55.6 Å². The summed E-state index contributed by atoms with van der Waals surface area (Å²) >= 11 is 0. The molecule has 1 unspecified atom stereocenters. The van der Waals surface area contributed by atoms with Gasteiger partial charge in [-0.25, -0.2) is 0 Å². The van der Waals surface area contributed by atoms with Gasteiger partial charge < -0.3 is 15.4 Å². The molecule has 0 saturated carbocycles. The van der Waals surface area contributed by atoms with E-state index in [4.69, 9.17) is 5.73 Å². The maximum atomic E-state index is 11.4. The van der Waals surface area contributed by atoms with Gasteiger partial charge in [0.25, 0.3) is 0 Å². The van der Waals surface area contributed by atoms with E-state index < -0.39 is 5.54 Å². The molecule has 4 heteroatoms. The van der Waals surface area contributed by atoms with Crippen LogP contribution < -0.4 is 5.73 Å². The van der Waals surface area contributed by atoms with Crippen LogP contribution in [0.4, 0.5) is 0 Å². The second-order valence-electron chi connectivity index (χ2n) is 4.91. The molecule has 1 fully saturated rings. The van der Waals surface area contributed by atoms with Gasteiger partial charge >= 0.3 is 5.97 Å². The molecule has 0 aromatic carbocycles. The van der Waals surface area contributed by atoms with Crippen LogP contribution in [-0.4, -0.2) is 43.2 Å². The van der Waals surface area contributed by atoms with Crippen molar-refractivity contribution in [1.29, 1.82) is 0 Å². The van der Waals surface area contributed by atoms with E-state index in [2.05, 4.69) is 9.64 Å². The molecule has 0 aliphatic carbocycles. The highest BCUT2D eigenvalue weighted by Crippen LogP contribution is 2.14. The summed E-state index contributed by atoms with van der Waals surface area (Å²) < 4.78 is 4.68. The lowest BCUT2D eigenvalue weighted by molar-refractivity contribution is -0.146. The zero-order valence-electron chi connectivity index (χ0n) is 10.5. The van der Waals surface area contributed by atoms with Crippen molar-refractivity contribution >= 4 is 5.97 Å². The van der Waals surface area contributed by atoms with Crippen LogP contribution in [0.15, 0.2) is 0 Å². The fourth-order valence-corrected chi connectivity index (χ4v) is 2.19. The average Bonchev–Trinajstić information content (AvgIpc) is 2.29. The minimum Gasteiger partial charge on any atom is -0.468 e. The highest BCUT2D eigenvalue weighted by molar-refractivity contribution is 5.79. The Labute approximate surface area is 98.1 Å². The Kier molecular flexibility index (Phi) is 5.22. The number of carbonyl (C=O) groups excluding carboxylic acids is 1. The largest absolute Gasteiger partial charge is 0.468 e. The van der Waals surface area contributed by atoms with Crippen LogP contribution in [0.5, 0.6) is 0 Å². The maximum Gasteiger partial charge on any atom is 0.325 e. The number of ether oxygens (including phenoxy) is 1. The molecule has 0 spiro atoms. The van der Waals surface area contributed by atoms with E-state index in [9.17, 15) is 4.79 Å². The van der Waals surface area contributed by atoms with Crippen molar-refractivity contribution in [1.82, 2.24) is 4.90 Å². The molecule has 0 amide bonds. The summed E-state index contributed by atoms with van der Waals surface area (Å²) in [5.41, 5.74) is 5.06. The molecule has 0 radical (unpaired) electrons. The van der Waals surface area contributed by atoms with Crippen LogP contribution in [0.1, 0.15) is 39.0 Å². The number of hydrogen-bond donors (Lipinski definition) is 1. The molecule has 2 N–H and O–H groups in total. The first-order valence-electron chi connectivity index (χ1n) is 6.16. The van der Waals surface area contributed by atoms with Crippen LogP contribution >= 0.6 is 0 Å². The summed E-state index contributed by atoms with van der Waals surface area (Å²) in [5.74, 6) is -0.314. The van der Waals surface area contributed by atoms with E-state index in [1.54, 1.807) is 6.92 Å². The molecule has 16 heavy (non-hydrogen) atoms. The lowest BCUT2D eigenvalue weighted by Crippen LogP contribution is -2.46. The molecule has 1 heterocycles. The number of nitrogens with two attached hydrogens (primary N) is 1. The lowest BCUT2D eigenvalue weighted by Gasteiger charge is -2.28. The summed E-state index contributed by atoms with van der Waals surface area (Å²) in [5, 5.41) is 0. The first-order valence-corrected chi connectivity index (χ1v) is 6.16. The van der Waals surface area contributed by atoms with Crippen molar-refractivity contribution in [3.63, 3.8) is 0 Å². The minimum absolute atomic E-state index is 0.314. The zero-order valence-corrected chi connectivity index (χ0v) is 10.5. The maximum absolute atomic E-state index is 11.4. The Hall–Kier alpha value is -0.610. The van der Waals surface area contributed by atoms with Crippen molar-refractivity contribution in [2.45, 2.75) is 44.6 Å². The van der Waals surface area contributed by atoms with Crippen LogP contribution in [0, 0.1) is 0 Å². The standard InChI is InChI=1S/C12H24N2O2/c1-12(13,11(15)16-2)7-6-10-14-8-4-3-5-9-14/h3-10,13H2,1-2H3. The predicted octanol–water partition coefficient (Wildman–Crippen LogP) is 1.14. The number of piperidine rings is 1. The Morgan fingerprint density at radius 3 is 2.56 bits per heavy atom. The second-order valence-corrected chi connectivity index (χ2v) is 4.91. The molecule has 1 saturated heterocycles. The molecule has 1 aliphatic rings.